The van der Waals surface area contributed by atoms with Crippen LogP contribution in [0.2, 0.25) is 0 Å². The third-order valence-corrected chi connectivity index (χ3v) is 14.7. The first-order chi connectivity index (χ1) is 41.7. The number of urea groups is 1. The van der Waals surface area contributed by atoms with Crippen molar-refractivity contribution >= 4 is 89.4 Å². The van der Waals surface area contributed by atoms with Crippen molar-refractivity contribution in [2.75, 3.05) is 45.2 Å². The van der Waals surface area contributed by atoms with Crippen LogP contribution in [0.4, 0.5) is 15.3 Å². The molecule has 10 amide bonds. The Kier molecular flexibility index (Phi) is 31.0. The minimum Gasteiger partial charge on any atom is -0.490 e. The highest BCUT2D eigenvalue weighted by molar-refractivity contribution is 7.81. The van der Waals surface area contributed by atoms with E-state index >= 15 is 0 Å². The zero-order valence-corrected chi connectivity index (χ0v) is 52.8. The standard InChI is InChI=1S/C61H87ClN10O15S/c1-37(32-38(2)46-24-25-47(84-7)57(80)87-46)44-33-41(44)20-26-50(74)71-53(61(4,5)6)55(78)64-27-11-14-43(23-17-39(3)62)86-60(83)67-30-13-29-66-59(82)85-36-40-18-21-42(22-19-40)69-54(77)45(15-12-28-65-58(63)81)70-51(75)35-68-49(73)16-9-8-10-31-72-52(76)34-48(88)56(72)79/h11,17-22,25-27,32,38,43,45-46,48,53,60,67,83,88H,8-10,12-16,23-24,28-31,33-36H2,1-7H3,(H,64,78)(H,66,82)(H,68,73)(H,69,77)(H,70,75)(H,71,74)(H3,63,65,81)/b26-20-,27-11-,37-32+,39-17+/t38-,43+,45-,46-,48?,53+,60?/m0/s1. The van der Waals surface area contributed by atoms with E-state index in [1.165, 1.54) is 24.3 Å². The minimum absolute atomic E-state index is 0.0367. The van der Waals surface area contributed by atoms with Gasteiger partial charge in [0.05, 0.1) is 25.0 Å². The molecule has 1 fully saturated rings. The monoisotopic (exact) mass is 1270 g/mol. The third-order valence-electron chi connectivity index (χ3n) is 14.1. The minimum atomic E-state index is -1.39. The number of hydrogen-bond acceptors (Lipinski definition) is 17. The number of benzene rings is 1. The smallest absolute Gasteiger partial charge is 0.407 e. The Balaban J connectivity index is 1.14. The number of anilines is 1. The molecule has 0 bridgehead atoms. The summed E-state index contributed by atoms with van der Waals surface area (Å²) in [6.45, 7) is 11.5. The molecule has 0 aromatic heterocycles. The summed E-state index contributed by atoms with van der Waals surface area (Å²) >= 11 is 10.2. The molecule has 88 heavy (non-hydrogen) atoms. The molecule has 2 unspecified atom stereocenters. The SMILES string of the molecule is COC1=CC[C@@H]([C@@H](C)/C=C(\C)C2=C(/C=C\C(=O)N[C@H](C(=O)N/C=C\C[C@H](C/C=C(\C)Cl)OC(O)NCCCNC(=O)OCc3ccc(NC(=O)[C@H](CCCNC(N)=O)NC(=O)CNC(=O)CCCCCN4C(=O)CC(S)C4=O)cc3)C(C)(C)C)C2)OC1=O. The molecular formula is C61H87ClN10O15S. The van der Waals surface area contributed by atoms with Crippen LogP contribution in [0, 0.1) is 11.3 Å². The van der Waals surface area contributed by atoms with Crippen LogP contribution >= 0.6 is 24.2 Å². The summed E-state index contributed by atoms with van der Waals surface area (Å²) in [5.74, 6) is -3.33. The Labute approximate surface area is 524 Å². The number of methoxy groups -OCH3 is 1. The lowest BCUT2D eigenvalue weighted by Gasteiger charge is -2.29. The molecule has 11 N–H and O–H groups in total. The van der Waals surface area contributed by atoms with Gasteiger partial charge in [-0.1, -0.05) is 87.7 Å². The second-order valence-electron chi connectivity index (χ2n) is 22.5. The van der Waals surface area contributed by atoms with Crippen LogP contribution in [0.15, 0.2) is 94.4 Å². The number of carbonyl (C=O) groups excluding carboxylic acids is 10. The number of aliphatic hydroxyl groups is 1. The van der Waals surface area contributed by atoms with Gasteiger partial charge in [0.15, 0.2) is 5.76 Å². The molecule has 27 heteroatoms. The van der Waals surface area contributed by atoms with Gasteiger partial charge in [0.25, 0.3) is 0 Å². The van der Waals surface area contributed by atoms with Gasteiger partial charge in [-0.15, -0.1) is 0 Å². The lowest BCUT2D eigenvalue weighted by atomic mass is 9.86. The number of aliphatic hydroxyl groups excluding tert-OH is 1. The number of unbranched alkanes of at least 4 members (excludes halogenated alkanes) is 2. The second kappa shape index (κ2) is 37.4. The van der Waals surface area contributed by atoms with E-state index in [0.717, 1.165) is 16.7 Å². The van der Waals surface area contributed by atoms with Crippen molar-refractivity contribution in [3.63, 3.8) is 0 Å². The van der Waals surface area contributed by atoms with Crippen molar-refractivity contribution in [2.45, 2.75) is 161 Å². The lowest BCUT2D eigenvalue weighted by Crippen LogP contribution is -2.52. The van der Waals surface area contributed by atoms with Gasteiger partial charge in [-0.05, 0) is 112 Å². The molecule has 2 heterocycles. The maximum absolute atomic E-state index is 13.4. The van der Waals surface area contributed by atoms with E-state index in [1.807, 2.05) is 34.6 Å². The number of ether oxygens (including phenoxy) is 4. The first-order valence-electron chi connectivity index (χ1n) is 29.4. The van der Waals surface area contributed by atoms with E-state index in [-0.39, 0.29) is 94.5 Å². The predicted octanol–water partition coefficient (Wildman–Crippen LogP) is 4.93. The quantitative estimate of drug-likeness (QED) is 0.0105. The zero-order chi connectivity index (χ0) is 64.9. The fourth-order valence-electron chi connectivity index (χ4n) is 9.11. The Hall–Kier alpha value is -7.52. The topological polar surface area (TPSA) is 353 Å². The number of imide groups is 1. The number of alkyl carbamates (subject to hydrolysis) is 1. The van der Waals surface area contributed by atoms with Gasteiger partial charge in [-0.3, -0.25) is 43.8 Å². The van der Waals surface area contributed by atoms with Crippen molar-refractivity contribution < 1.29 is 72.0 Å². The summed E-state index contributed by atoms with van der Waals surface area (Å²) in [7, 11) is 1.43. The number of nitrogens with one attached hydrogen (secondary N) is 8. The Morgan fingerprint density at radius 2 is 1.65 bits per heavy atom. The fourth-order valence-corrected chi connectivity index (χ4v) is 9.49. The van der Waals surface area contributed by atoms with E-state index < -0.39 is 89.4 Å². The number of esters is 1. The number of carbonyl (C=O) groups is 10. The number of cyclic esters (lactones) is 1. The third kappa shape index (κ3) is 27.3. The highest BCUT2D eigenvalue weighted by atomic mass is 35.5. The molecule has 1 saturated heterocycles. The van der Waals surface area contributed by atoms with Crippen molar-refractivity contribution in [3.8, 4) is 0 Å². The molecule has 0 saturated carbocycles. The number of primary amides is 1. The van der Waals surface area contributed by atoms with Crippen LogP contribution in [0.25, 0.3) is 0 Å². The molecule has 25 nitrogen and oxygen atoms in total. The number of likely N-dealkylation sites (tertiary alicyclic amines) is 1. The number of rotatable bonds is 37. The maximum atomic E-state index is 13.4. The van der Waals surface area contributed by atoms with Gasteiger partial charge in [0, 0.05) is 68.2 Å². The lowest BCUT2D eigenvalue weighted by molar-refractivity contribution is -0.152. The highest BCUT2D eigenvalue weighted by Crippen LogP contribution is 2.39. The normalized spacial score (nSPS) is 18.0. The highest BCUT2D eigenvalue weighted by Gasteiger charge is 2.36. The van der Waals surface area contributed by atoms with E-state index in [2.05, 4.69) is 61.2 Å². The Morgan fingerprint density at radius 1 is 0.920 bits per heavy atom. The number of thiol groups is 1. The number of nitrogens with two attached hydrogens (primary N) is 1. The van der Waals surface area contributed by atoms with Crippen LogP contribution in [-0.2, 0) is 63.9 Å². The van der Waals surface area contributed by atoms with Gasteiger partial charge in [0.1, 0.15) is 24.8 Å². The molecule has 0 spiro atoms. The second-order valence-corrected chi connectivity index (χ2v) is 23.7. The maximum Gasteiger partial charge on any atom is 0.407 e. The largest absolute Gasteiger partial charge is 0.490 e. The molecule has 1 aromatic carbocycles. The number of amides is 10. The molecule has 1 aliphatic carbocycles. The summed E-state index contributed by atoms with van der Waals surface area (Å²) in [5.41, 5.74) is 8.62. The van der Waals surface area contributed by atoms with E-state index in [1.54, 1.807) is 55.5 Å². The average molecular weight is 1270 g/mol. The number of nitrogens with zero attached hydrogens (tertiary/aromatic N) is 1. The molecule has 7 atom stereocenters. The predicted molar refractivity (Wildman–Crippen MR) is 332 cm³/mol. The fraction of sp³-hybridized carbons (Fsp3) is 0.541. The van der Waals surface area contributed by atoms with Crippen LogP contribution in [0.3, 0.4) is 0 Å². The van der Waals surface area contributed by atoms with Gasteiger partial charge >= 0.3 is 18.1 Å². The van der Waals surface area contributed by atoms with Crippen LogP contribution in [-0.4, -0.2) is 145 Å². The molecule has 484 valence electrons. The molecular weight excluding hydrogens is 1180 g/mol. The Morgan fingerprint density at radius 3 is 2.31 bits per heavy atom. The molecule has 4 rings (SSSR count). The van der Waals surface area contributed by atoms with Crippen molar-refractivity contribution in [3.05, 3.63) is 100.0 Å². The van der Waals surface area contributed by atoms with Crippen molar-refractivity contribution in [1.29, 1.82) is 0 Å². The van der Waals surface area contributed by atoms with Crippen LogP contribution < -0.4 is 48.3 Å². The molecule has 1 aromatic rings. The summed E-state index contributed by atoms with van der Waals surface area (Å²) in [6.07, 6.45) is 13.3. The van der Waals surface area contributed by atoms with Gasteiger partial charge in [-0.25, -0.2) is 14.4 Å². The zero-order valence-electron chi connectivity index (χ0n) is 51.1. The van der Waals surface area contributed by atoms with Crippen molar-refractivity contribution in [1.82, 2.24) is 42.1 Å². The number of hydrogen-bond donors (Lipinski definition) is 11. The van der Waals surface area contributed by atoms with Crippen molar-refractivity contribution in [2.24, 2.45) is 17.1 Å². The summed E-state index contributed by atoms with van der Waals surface area (Å²) in [5, 5.41) is 31.9. The molecule has 0 radical (unpaired) electrons. The summed E-state index contributed by atoms with van der Waals surface area (Å²) in [6, 6.07) is 3.75. The summed E-state index contributed by atoms with van der Waals surface area (Å²) < 4.78 is 21.7. The van der Waals surface area contributed by atoms with Gasteiger partial charge in [0.2, 0.25) is 47.8 Å². The van der Waals surface area contributed by atoms with Gasteiger partial charge in [-0.2, -0.15) is 12.6 Å². The first-order valence-corrected chi connectivity index (χ1v) is 30.2. The Bertz CT molecular complexity index is 2810. The average Bonchev–Trinajstić information content (AvgIpc) is 4.26. The van der Waals surface area contributed by atoms with E-state index in [4.69, 9.17) is 36.3 Å². The molecule has 2 aliphatic heterocycles. The van der Waals surface area contributed by atoms with E-state index in [0.29, 0.717) is 61.2 Å². The number of halogens is 1. The number of allylic oxidation sites excluding steroid dienone is 5. The molecule has 3 aliphatic rings. The van der Waals surface area contributed by atoms with Gasteiger partial charge < -0.3 is 67.0 Å². The van der Waals surface area contributed by atoms with Crippen LogP contribution in [0.5, 0.6) is 0 Å². The van der Waals surface area contributed by atoms with E-state index in [9.17, 15) is 53.1 Å². The first kappa shape index (κ1) is 73.0. The van der Waals surface area contributed by atoms with Crippen LogP contribution in [0.1, 0.15) is 124 Å². The summed E-state index contributed by atoms with van der Waals surface area (Å²) in [4.78, 5) is 126.